The summed E-state index contributed by atoms with van der Waals surface area (Å²) in [6.45, 7) is 3.15. The topological polar surface area (TPSA) is 15.3 Å². The minimum atomic E-state index is 0.388. The van der Waals surface area contributed by atoms with Gasteiger partial charge in [0.15, 0.2) is 0 Å². The number of rotatable bonds is 6. The van der Waals surface area contributed by atoms with Crippen molar-refractivity contribution in [3.05, 3.63) is 52.2 Å². The van der Waals surface area contributed by atoms with E-state index in [1.807, 2.05) is 0 Å². The highest BCUT2D eigenvalue weighted by Crippen LogP contribution is 2.23. The van der Waals surface area contributed by atoms with Crippen LogP contribution in [0.3, 0.4) is 0 Å². The van der Waals surface area contributed by atoms with E-state index in [0.29, 0.717) is 6.04 Å². The molecule has 0 spiro atoms. The first-order valence-corrected chi connectivity index (χ1v) is 7.66. The van der Waals surface area contributed by atoms with Gasteiger partial charge in [0.25, 0.3) is 0 Å². The van der Waals surface area contributed by atoms with Crippen molar-refractivity contribution in [2.45, 2.75) is 19.4 Å². The van der Waals surface area contributed by atoms with E-state index in [0.717, 1.165) is 13.0 Å². The molecule has 102 valence electrons. The van der Waals surface area contributed by atoms with Crippen molar-refractivity contribution in [1.82, 2.24) is 5.32 Å². The van der Waals surface area contributed by atoms with E-state index >= 15 is 0 Å². The maximum Gasteiger partial charge on any atom is 0.0364 e. The van der Waals surface area contributed by atoms with Gasteiger partial charge in [-0.05, 0) is 53.1 Å². The number of benzene rings is 1. The predicted molar refractivity (Wildman–Crippen MR) is 85.2 cm³/mol. The maximum atomic E-state index is 3.59. The van der Waals surface area contributed by atoms with Gasteiger partial charge in [0.05, 0.1) is 0 Å². The highest BCUT2D eigenvalue weighted by molar-refractivity contribution is 7.07. The summed E-state index contributed by atoms with van der Waals surface area (Å²) >= 11 is 1.77. The zero-order chi connectivity index (χ0) is 13.7. The summed E-state index contributed by atoms with van der Waals surface area (Å²) in [5, 5.41) is 7.97. The second kappa shape index (κ2) is 6.73. The van der Waals surface area contributed by atoms with E-state index in [9.17, 15) is 0 Å². The van der Waals surface area contributed by atoms with E-state index in [1.165, 1.54) is 16.8 Å². The quantitative estimate of drug-likeness (QED) is 0.864. The molecule has 1 unspecified atom stereocenters. The molecule has 0 bridgehead atoms. The first-order valence-electron chi connectivity index (χ1n) is 6.72. The Labute approximate surface area is 120 Å². The van der Waals surface area contributed by atoms with Gasteiger partial charge in [-0.2, -0.15) is 11.3 Å². The molecule has 0 fully saturated rings. The molecule has 0 saturated carbocycles. The lowest BCUT2D eigenvalue weighted by Gasteiger charge is -2.20. The zero-order valence-electron chi connectivity index (χ0n) is 11.9. The molecular formula is C16H22N2S. The van der Waals surface area contributed by atoms with Crippen molar-refractivity contribution in [3.8, 4) is 0 Å². The first-order chi connectivity index (χ1) is 9.20. The van der Waals surface area contributed by atoms with Crippen molar-refractivity contribution < 1.29 is 0 Å². The molecular weight excluding hydrogens is 252 g/mol. The largest absolute Gasteiger partial charge is 0.378 e. The molecule has 1 aromatic carbocycles. The molecule has 2 aromatic rings. The van der Waals surface area contributed by atoms with Crippen LogP contribution >= 0.6 is 11.3 Å². The Morgan fingerprint density at radius 3 is 2.74 bits per heavy atom. The van der Waals surface area contributed by atoms with Crippen LogP contribution in [0.2, 0.25) is 0 Å². The number of hydrogen-bond donors (Lipinski definition) is 1. The molecule has 0 amide bonds. The van der Waals surface area contributed by atoms with E-state index in [1.54, 1.807) is 11.3 Å². The Morgan fingerprint density at radius 1 is 1.26 bits per heavy atom. The second-order valence-corrected chi connectivity index (χ2v) is 5.72. The average molecular weight is 274 g/mol. The number of nitrogens with zero attached hydrogens (tertiary/aromatic N) is 1. The molecule has 0 aliphatic rings. The average Bonchev–Trinajstić information content (AvgIpc) is 2.91. The molecule has 1 atom stereocenters. The van der Waals surface area contributed by atoms with Crippen molar-refractivity contribution >= 4 is 17.0 Å². The van der Waals surface area contributed by atoms with Gasteiger partial charge in [0, 0.05) is 25.8 Å². The van der Waals surface area contributed by atoms with Crippen LogP contribution in [-0.2, 0) is 6.42 Å². The minimum Gasteiger partial charge on any atom is -0.378 e. The molecule has 0 saturated heterocycles. The fraction of sp³-hybridized carbons (Fsp3) is 0.375. The number of anilines is 1. The smallest absolute Gasteiger partial charge is 0.0364 e. The minimum absolute atomic E-state index is 0.388. The van der Waals surface area contributed by atoms with Crippen LogP contribution in [0.4, 0.5) is 5.69 Å². The summed E-state index contributed by atoms with van der Waals surface area (Å²) in [4.78, 5) is 2.15. The van der Waals surface area contributed by atoms with Gasteiger partial charge in [-0.25, -0.2) is 0 Å². The molecule has 2 rings (SSSR count). The maximum absolute atomic E-state index is 3.59. The molecule has 2 nitrogen and oxygen atoms in total. The summed E-state index contributed by atoms with van der Waals surface area (Å²) < 4.78 is 0. The van der Waals surface area contributed by atoms with Crippen LogP contribution in [0.15, 0.2) is 41.1 Å². The monoisotopic (exact) mass is 274 g/mol. The van der Waals surface area contributed by atoms with Gasteiger partial charge < -0.3 is 10.2 Å². The molecule has 1 aromatic heterocycles. The fourth-order valence-corrected chi connectivity index (χ4v) is 2.90. The lowest BCUT2D eigenvalue weighted by atomic mass is 10.00. The van der Waals surface area contributed by atoms with Crippen molar-refractivity contribution in [3.63, 3.8) is 0 Å². The predicted octanol–water partition coefficient (Wildman–Crippen LogP) is 3.71. The Kier molecular flexibility index (Phi) is 5.00. The van der Waals surface area contributed by atoms with E-state index in [4.69, 9.17) is 0 Å². The van der Waals surface area contributed by atoms with Crippen LogP contribution in [-0.4, -0.2) is 20.6 Å². The number of hydrogen-bond acceptors (Lipinski definition) is 3. The third-order valence-electron chi connectivity index (χ3n) is 3.26. The summed E-state index contributed by atoms with van der Waals surface area (Å²) in [5.74, 6) is 0. The Balaban J connectivity index is 2.20. The zero-order valence-corrected chi connectivity index (χ0v) is 12.7. The molecule has 0 aliphatic heterocycles. The van der Waals surface area contributed by atoms with E-state index in [-0.39, 0.29) is 0 Å². The van der Waals surface area contributed by atoms with Crippen LogP contribution in [0.5, 0.6) is 0 Å². The standard InChI is InChI=1S/C16H22N2S/c1-4-17-16(10-13-8-9-19-12-13)14-6-5-7-15(11-14)18(2)3/h5-9,11-12,16-17H,4,10H2,1-3H3. The van der Waals surface area contributed by atoms with Crippen molar-refractivity contribution in [2.75, 3.05) is 25.5 Å². The lowest BCUT2D eigenvalue weighted by Crippen LogP contribution is -2.23. The molecule has 19 heavy (non-hydrogen) atoms. The molecule has 0 aliphatic carbocycles. The number of nitrogens with one attached hydrogen (secondary N) is 1. The summed E-state index contributed by atoms with van der Waals surface area (Å²) in [5.41, 5.74) is 4.02. The third-order valence-corrected chi connectivity index (χ3v) is 3.99. The SMILES string of the molecule is CCNC(Cc1ccsc1)c1cccc(N(C)C)c1. The van der Waals surface area contributed by atoms with Crippen LogP contribution in [0, 0.1) is 0 Å². The van der Waals surface area contributed by atoms with E-state index in [2.05, 4.69) is 72.3 Å². The van der Waals surface area contributed by atoms with Gasteiger partial charge >= 0.3 is 0 Å². The molecule has 0 radical (unpaired) electrons. The van der Waals surface area contributed by atoms with E-state index < -0.39 is 0 Å². The summed E-state index contributed by atoms with van der Waals surface area (Å²) in [6.07, 6.45) is 1.05. The summed E-state index contributed by atoms with van der Waals surface area (Å²) in [6, 6.07) is 11.4. The normalized spacial score (nSPS) is 12.4. The summed E-state index contributed by atoms with van der Waals surface area (Å²) in [7, 11) is 4.17. The highest BCUT2D eigenvalue weighted by atomic mass is 32.1. The van der Waals surface area contributed by atoms with Gasteiger partial charge in [-0.3, -0.25) is 0 Å². The first kappa shape index (κ1) is 14.1. The Hall–Kier alpha value is -1.32. The van der Waals surface area contributed by atoms with Crippen LogP contribution in [0.1, 0.15) is 24.1 Å². The van der Waals surface area contributed by atoms with Crippen molar-refractivity contribution in [2.24, 2.45) is 0 Å². The highest BCUT2D eigenvalue weighted by Gasteiger charge is 2.12. The van der Waals surface area contributed by atoms with Gasteiger partial charge in [-0.1, -0.05) is 19.1 Å². The van der Waals surface area contributed by atoms with Crippen LogP contribution < -0.4 is 10.2 Å². The van der Waals surface area contributed by atoms with Crippen LogP contribution in [0.25, 0.3) is 0 Å². The number of likely N-dealkylation sites (N-methyl/N-ethyl adjacent to an activating group) is 1. The Morgan fingerprint density at radius 2 is 2.11 bits per heavy atom. The fourth-order valence-electron chi connectivity index (χ4n) is 2.22. The molecule has 3 heteroatoms. The Bertz CT molecular complexity index is 491. The van der Waals surface area contributed by atoms with Gasteiger partial charge in [-0.15, -0.1) is 0 Å². The second-order valence-electron chi connectivity index (χ2n) is 4.94. The third kappa shape index (κ3) is 3.82. The van der Waals surface area contributed by atoms with Gasteiger partial charge in [0.1, 0.15) is 0 Å². The van der Waals surface area contributed by atoms with Crippen molar-refractivity contribution in [1.29, 1.82) is 0 Å². The number of thiophene rings is 1. The van der Waals surface area contributed by atoms with Gasteiger partial charge in [0.2, 0.25) is 0 Å². The lowest BCUT2D eigenvalue weighted by molar-refractivity contribution is 0.550. The molecule has 1 N–H and O–H groups in total. The molecule has 1 heterocycles.